The Labute approximate surface area is 125 Å². The first kappa shape index (κ1) is 13.9. The quantitative estimate of drug-likeness (QED) is 0.819. The number of carbonyl (C=O) groups is 1. The number of hydrogen-bond donors (Lipinski definition) is 2. The maximum atomic E-state index is 11.3. The summed E-state index contributed by atoms with van der Waals surface area (Å²) in [7, 11) is 0. The third-order valence-electron chi connectivity index (χ3n) is 4.32. The Bertz CT molecular complexity index is 661. The van der Waals surface area contributed by atoms with Gasteiger partial charge in [0.2, 0.25) is 0 Å². The highest BCUT2D eigenvalue weighted by molar-refractivity contribution is 6.07. The van der Waals surface area contributed by atoms with E-state index in [2.05, 4.69) is 12.2 Å². The Morgan fingerprint density at radius 2 is 1.95 bits per heavy atom. The molecule has 1 fully saturated rings. The first-order valence-electron chi connectivity index (χ1n) is 7.70. The molecule has 0 radical (unpaired) electrons. The molecule has 110 valence electrons. The van der Waals surface area contributed by atoms with Crippen LogP contribution in [0.2, 0.25) is 0 Å². The third-order valence-corrected chi connectivity index (χ3v) is 4.32. The first-order valence-corrected chi connectivity index (χ1v) is 7.70. The number of carboxylic acid groups (broad SMARTS) is 1. The number of anilines is 1. The molecule has 0 heterocycles. The zero-order valence-corrected chi connectivity index (χ0v) is 12.3. The van der Waals surface area contributed by atoms with Crippen molar-refractivity contribution in [1.29, 1.82) is 0 Å². The molecule has 3 rings (SSSR count). The van der Waals surface area contributed by atoms with Crippen LogP contribution in [0.25, 0.3) is 10.8 Å². The molecule has 3 heteroatoms. The summed E-state index contributed by atoms with van der Waals surface area (Å²) in [5.74, 6) is 0.00905. The number of hydrogen-bond acceptors (Lipinski definition) is 2. The van der Waals surface area contributed by atoms with Crippen molar-refractivity contribution < 1.29 is 9.90 Å². The number of fused-ring (bicyclic) bond motifs is 1. The summed E-state index contributed by atoms with van der Waals surface area (Å²) in [6.07, 6.45) is 5.02. The molecule has 1 aliphatic carbocycles. The highest BCUT2D eigenvalue weighted by Gasteiger charge is 2.25. The Kier molecular flexibility index (Phi) is 3.82. The van der Waals surface area contributed by atoms with Crippen LogP contribution in [0.1, 0.15) is 43.0 Å². The minimum absolute atomic E-state index is 0.367. The maximum absolute atomic E-state index is 11.3. The van der Waals surface area contributed by atoms with Crippen molar-refractivity contribution >= 4 is 22.4 Å². The predicted octanol–water partition coefficient (Wildman–Crippen LogP) is 4.53. The SMILES string of the molecule is CCC(CC1CC1)Nc1ccc(C(=O)O)c2ccccc12. The molecular weight excluding hydrogens is 262 g/mol. The van der Waals surface area contributed by atoms with E-state index in [1.165, 1.54) is 19.3 Å². The van der Waals surface area contributed by atoms with Gasteiger partial charge >= 0.3 is 5.97 Å². The van der Waals surface area contributed by atoms with Gasteiger partial charge in [0.25, 0.3) is 0 Å². The van der Waals surface area contributed by atoms with Crippen molar-refractivity contribution in [3.8, 4) is 0 Å². The van der Waals surface area contributed by atoms with Crippen LogP contribution in [0.15, 0.2) is 36.4 Å². The van der Waals surface area contributed by atoms with Crippen LogP contribution in [0.5, 0.6) is 0 Å². The fraction of sp³-hybridized carbons (Fsp3) is 0.389. The summed E-state index contributed by atoms with van der Waals surface area (Å²) < 4.78 is 0. The molecular formula is C18H21NO2. The first-order chi connectivity index (χ1) is 10.2. The summed E-state index contributed by atoms with van der Waals surface area (Å²) in [4.78, 5) is 11.3. The molecule has 1 aliphatic rings. The lowest BCUT2D eigenvalue weighted by Crippen LogP contribution is -2.19. The molecule has 1 unspecified atom stereocenters. The summed E-state index contributed by atoms with van der Waals surface area (Å²) in [5.41, 5.74) is 1.41. The average Bonchev–Trinajstić information content (AvgIpc) is 3.30. The second kappa shape index (κ2) is 5.76. The molecule has 21 heavy (non-hydrogen) atoms. The Hall–Kier alpha value is -2.03. The van der Waals surface area contributed by atoms with Crippen LogP contribution in [0.4, 0.5) is 5.69 Å². The zero-order valence-electron chi connectivity index (χ0n) is 12.3. The normalized spacial score (nSPS) is 15.9. The molecule has 2 aromatic rings. The van der Waals surface area contributed by atoms with Gasteiger partial charge in [-0.1, -0.05) is 44.0 Å². The van der Waals surface area contributed by atoms with Gasteiger partial charge in [-0.25, -0.2) is 4.79 Å². The highest BCUT2D eigenvalue weighted by atomic mass is 16.4. The molecule has 0 saturated heterocycles. The average molecular weight is 283 g/mol. The van der Waals surface area contributed by atoms with E-state index in [1.807, 2.05) is 30.3 Å². The fourth-order valence-corrected chi connectivity index (χ4v) is 2.91. The highest BCUT2D eigenvalue weighted by Crippen LogP contribution is 2.35. The fourth-order valence-electron chi connectivity index (χ4n) is 2.91. The summed E-state index contributed by atoms with van der Waals surface area (Å²) >= 11 is 0. The number of rotatable bonds is 6. The Balaban J connectivity index is 1.94. The van der Waals surface area contributed by atoms with E-state index < -0.39 is 5.97 Å². The van der Waals surface area contributed by atoms with E-state index in [9.17, 15) is 9.90 Å². The van der Waals surface area contributed by atoms with Gasteiger partial charge < -0.3 is 10.4 Å². The standard InChI is InChI=1S/C18H21NO2/c1-2-13(11-12-7-8-12)19-17-10-9-16(18(20)21)14-5-3-4-6-15(14)17/h3-6,9-10,12-13,19H,2,7-8,11H2,1H3,(H,20,21). The van der Waals surface area contributed by atoms with Crippen molar-refractivity contribution in [2.24, 2.45) is 5.92 Å². The monoisotopic (exact) mass is 283 g/mol. The van der Waals surface area contributed by atoms with Gasteiger partial charge in [0.05, 0.1) is 5.56 Å². The minimum atomic E-state index is -0.872. The van der Waals surface area contributed by atoms with Gasteiger partial charge in [-0.2, -0.15) is 0 Å². The summed E-state index contributed by atoms with van der Waals surface area (Å²) in [5, 5.41) is 14.7. The predicted molar refractivity (Wildman–Crippen MR) is 86.0 cm³/mol. The molecule has 0 aromatic heterocycles. The van der Waals surface area contributed by atoms with Gasteiger partial charge in [-0.05, 0) is 36.3 Å². The van der Waals surface area contributed by atoms with Crippen LogP contribution in [0, 0.1) is 5.92 Å². The Morgan fingerprint density at radius 1 is 1.24 bits per heavy atom. The summed E-state index contributed by atoms with van der Waals surface area (Å²) in [6.45, 7) is 2.20. The molecule has 3 nitrogen and oxygen atoms in total. The molecule has 2 N–H and O–H groups in total. The van der Waals surface area contributed by atoms with Gasteiger partial charge in [-0.3, -0.25) is 0 Å². The molecule has 2 aromatic carbocycles. The van der Waals surface area contributed by atoms with E-state index in [1.54, 1.807) is 6.07 Å². The molecule has 1 saturated carbocycles. The van der Waals surface area contributed by atoms with E-state index in [4.69, 9.17) is 0 Å². The largest absolute Gasteiger partial charge is 0.478 e. The minimum Gasteiger partial charge on any atom is -0.478 e. The second-order valence-corrected chi connectivity index (χ2v) is 5.94. The summed E-state index contributed by atoms with van der Waals surface area (Å²) in [6, 6.07) is 11.8. The Morgan fingerprint density at radius 3 is 2.57 bits per heavy atom. The molecule has 0 spiro atoms. The molecule has 0 bridgehead atoms. The molecule has 0 aliphatic heterocycles. The topological polar surface area (TPSA) is 49.3 Å². The van der Waals surface area contributed by atoms with Crippen molar-refractivity contribution in [3.05, 3.63) is 42.0 Å². The third kappa shape index (κ3) is 3.02. The van der Waals surface area contributed by atoms with Crippen molar-refractivity contribution in [2.75, 3.05) is 5.32 Å². The van der Waals surface area contributed by atoms with Crippen LogP contribution in [-0.4, -0.2) is 17.1 Å². The second-order valence-electron chi connectivity index (χ2n) is 5.94. The van der Waals surface area contributed by atoms with E-state index in [-0.39, 0.29) is 0 Å². The van der Waals surface area contributed by atoms with E-state index in [0.717, 1.165) is 28.8 Å². The van der Waals surface area contributed by atoms with Crippen molar-refractivity contribution in [1.82, 2.24) is 0 Å². The number of aromatic carboxylic acids is 1. The molecule has 1 atom stereocenters. The van der Waals surface area contributed by atoms with Crippen LogP contribution < -0.4 is 5.32 Å². The van der Waals surface area contributed by atoms with Gasteiger partial charge in [0.15, 0.2) is 0 Å². The van der Waals surface area contributed by atoms with Gasteiger partial charge in [0.1, 0.15) is 0 Å². The van der Waals surface area contributed by atoms with Crippen molar-refractivity contribution in [3.63, 3.8) is 0 Å². The lowest BCUT2D eigenvalue weighted by atomic mass is 10.0. The van der Waals surface area contributed by atoms with Gasteiger partial charge in [0, 0.05) is 17.1 Å². The smallest absolute Gasteiger partial charge is 0.336 e. The van der Waals surface area contributed by atoms with Gasteiger partial charge in [-0.15, -0.1) is 0 Å². The van der Waals surface area contributed by atoms with Crippen LogP contribution in [0.3, 0.4) is 0 Å². The number of carboxylic acids is 1. The lowest BCUT2D eigenvalue weighted by Gasteiger charge is -2.20. The lowest BCUT2D eigenvalue weighted by molar-refractivity contribution is 0.0699. The van der Waals surface area contributed by atoms with Crippen LogP contribution in [-0.2, 0) is 0 Å². The maximum Gasteiger partial charge on any atom is 0.336 e. The van der Waals surface area contributed by atoms with Crippen LogP contribution >= 0.6 is 0 Å². The number of nitrogens with one attached hydrogen (secondary N) is 1. The van der Waals surface area contributed by atoms with E-state index in [0.29, 0.717) is 11.6 Å². The number of benzene rings is 2. The van der Waals surface area contributed by atoms with E-state index >= 15 is 0 Å². The zero-order chi connectivity index (χ0) is 14.8. The van der Waals surface area contributed by atoms with Crippen molar-refractivity contribution in [2.45, 2.75) is 38.6 Å². The molecule has 0 amide bonds.